The van der Waals surface area contributed by atoms with Crippen molar-refractivity contribution in [3.8, 4) is 0 Å². The third kappa shape index (κ3) is 4.91. The van der Waals surface area contributed by atoms with Gasteiger partial charge >= 0.3 is 0 Å². The molecule has 0 aromatic rings. The minimum atomic E-state index is -3.01. The fourth-order valence-electron chi connectivity index (χ4n) is 4.61. The van der Waals surface area contributed by atoms with E-state index >= 15 is 0 Å². The Balaban J connectivity index is 1.45. The van der Waals surface area contributed by atoms with E-state index in [1.165, 1.54) is 64.3 Å². The first-order valence-corrected chi connectivity index (χ1v) is 11.3. The van der Waals surface area contributed by atoms with Crippen molar-refractivity contribution in [1.29, 1.82) is 0 Å². The van der Waals surface area contributed by atoms with Gasteiger partial charge in [-0.2, -0.15) is 0 Å². The van der Waals surface area contributed by atoms with Crippen LogP contribution in [-0.4, -0.2) is 68.2 Å². The summed E-state index contributed by atoms with van der Waals surface area (Å²) in [5.74, 6) is 0. The van der Waals surface area contributed by atoms with Gasteiger partial charge in [0.25, 0.3) is 0 Å². The molecule has 6 heteroatoms. The van der Waals surface area contributed by atoms with Gasteiger partial charge in [-0.15, -0.1) is 0 Å². The van der Waals surface area contributed by atoms with Crippen molar-refractivity contribution < 1.29 is 8.42 Å². The molecule has 3 rings (SSSR count). The van der Waals surface area contributed by atoms with Gasteiger partial charge in [0.15, 0.2) is 0 Å². The standard InChI is InChI=1S/C17H33N3O2S/c1-23(21,22)20-12-9-15(10-13-20)18-16-6-5-11-19(14-16)17-7-3-2-4-8-17/h15-18H,2-14H2,1H3. The van der Waals surface area contributed by atoms with Crippen LogP contribution in [0.4, 0.5) is 0 Å². The maximum Gasteiger partial charge on any atom is 0.211 e. The quantitative estimate of drug-likeness (QED) is 0.846. The van der Waals surface area contributed by atoms with Gasteiger partial charge in [-0.3, -0.25) is 4.90 Å². The van der Waals surface area contributed by atoms with Gasteiger partial charge in [-0.05, 0) is 45.1 Å². The number of rotatable bonds is 4. The molecular formula is C17H33N3O2S. The van der Waals surface area contributed by atoms with E-state index in [2.05, 4.69) is 10.2 Å². The molecule has 134 valence electrons. The van der Waals surface area contributed by atoms with Gasteiger partial charge < -0.3 is 5.32 Å². The molecule has 3 aliphatic rings. The molecule has 23 heavy (non-hydrogen) atoms. The third-order valence-corrected chi connectivity index (χ3v) is 7.24. The van der Waals surface area contributed by atoms with Gasteiger partial charge in [0.05, 0.1) is 6.26 Å². The summed E-state index contributed by atoms with van der Waals surface area (Å²) in [6.45, 7) is 3.82. The van der Waals surface area contributed by atoms with Gasteiger partial charge in [-0.1, -0.05) is 19.3 Å². The van der Waals surface area contributed by atoms with Crippen molar-refractivity contribution in [1.82, 2.24) is 14.5 Å². The second kappa shape index (κ2) is 7.81. The fourth-order valence-corrected chi connectivity index (χ4v) is 5.48. The number of hydrogen-bond acceptors (Lipinski definition) is 4. The van der Waals surface area contributed by atoms with Crippen molar-refractivity contribution in [2.24, 2.45) is 0 Å². The lowest BCUT2D eigenvalue weighted by atomic mass is 9.91. The van der Waals surface area contributed by atoms with Crippen LogP contribution in [0.15, 0.2) is 0 Å². The first-order valence-electron chi connectivity index (χ1n) is 9.47. The minimum absolute atomic E-state index is 0.490. The molecule has 0 aromatic carbocycles. The van der Waals surface area contributed by atoms with E-state index < -0.39 is 10.0 Å². The molecule has 5 nitrogen and oxygen atoms in total. The van der Waals surface area contributed by atoms with E-state index in [0.717, 1.165) is 18.9 Å². The normalized spacial score (nSPS) is 30.6. The van der Waals surface area contributed by atoms with Gasteiger partial charge in [0.1, 0.15) is 0 Å². The second-order valence-corrected chi connectivity index (χ2v) is 9.71. The monoisotopic (exact) mass is 343 g/mol. The summed E-state index contributed by atoms with van der Waals surface area (Å²) in [7, 11) is -3.01. The van der Waals surface area contributed by atoms with E-state index in [0.29, 0.717) is 25.2 Å². The maximum absolute atomic E-state index is 11.6. The summed E-state index contributed by atoms with van der Waals surface area (Å²) in [4.78, 5) is 2.73. The van der Waals surface area contributed by atoms with Gasteiger partial charge in [0.2, 0.25) is 10.0 Å². The summed E-state index contributed by atoms with van der Waals surface area (Å²) in [5, 5.41) is 3.84. The lowest BCUT2D eigenvalue weighted by Gasteiger charge is -2.42. The third-order valence-electron chi connectivity index (χ3n) is 5.94. The number of likely N-dealkylation sites (tertiary alicyclic amines) is 1. The Hall–Kier alpha value is -0.170. The van der Waals surface area contributed by atoms with Crippen LogP contribution in [-0.2, 0) is 10.0 Å². The molecule has 3 fully saturated rings. The smallest absolute Gasteiger partial charge is 0.211 e. The maximum atomic E-state index is 11.6. The van der Waals surface area contributed by atoms with Crippen molar-refractivity contribution >= 4 is 10.0 Å². The summed E-state index contributed by atoms with van der Waals surface area (Å²) in [5.41, 5.74) is 0. The predicted octanol–water partition coefficient (Wildman–Crippen LogP) is 1.80. The second-order valence-electron chi connectivity index (χ2n) is 7.73. The van der Waals surface area contributed by atoms with E-state index in [1.807, 2.05) is 0 Å². The van der Waals surface area contributed by atoms with Gasteiger partial charge in [0, 0.05) is 37.8 Å². The summed E-state index contributed by atoms with van der Waals surface area (Å²) in [6, 6.07) is 1.91. The van der Waals surface area contributed by atoms with Crippen LogP contribution < -0.4 is 5.32 Å². The molecule has 0 amide bonds. The van der Waals surface area contributed by atoms with E-state index in [4.69, 9.17) is 0 Å². The molecule has 0 aromatic heterocycles. The number of piperidine rings is 2. The Morgan fingerprint density at radius 2 is 1.52 bits per heavy atom. The Morgan fingerprint density at radius 1 is 0.826 bits per heavy atom. The lowest BCUT2D eigenvalue weighted by molar-refractivity contribution is 0.103. The highest BCUT2D eigenvalue weighted by Crippen LogP contribution is 2.26. The Bertz CT molecular complexity index is 468. The zero-order valence-corrected chi connectivity index (χ0v) is 15.4. The van der Waals surface area contributed by atoms with Crippen molar-refractivity contribution in [2.45, 2.75) is 75.9 Å². The molecule has 2 heterocycles. The molecule has 0 radical (unpaired) electrons. The predicted molar refractivity (Wildman–Crippen MR) is 94.0 cm³/mol. The average Bonchev–Trinajstić information content (AvgIpc) is 2.56. The van der Waals surface area contributed by atoms with E-state index in [-0.39, 0.29) is 0 Å². The van der Waals surface area contributed by atoms with Crippen LogP contribution in [0.1, 0.15) is 57.8 Å². The molecule has 1 N–H and O–H groups in total. The molecule has 2 saturated heterocycles. The van der Waals surface area contributed by atoms with Crippen LogP contribution in [0.5, 0.6) is 0 Å². The van der Waals surface area contributed by atoms with Crippen LogP contribution in [0, 0.1) is 0 Å². The van der Waals surface area contributed by atoms with Crippen LogP contribution in [0.2, 0.25) is 0 Å². The highest BCUT2D eigenvalue weighted by atomic mass is 32.2. The fraction of sp³-hybridized carbons (Fsp3) is 1.00. The van der Waals surface area contributed by atoms with E-state index in [9.17, 15) is 8.42 Å². The van der Waals surface area contributed by atoms with Crippen molar-refractivity contribution in [3.05, 3.63) is 0 Å². The first-order chi connectivity index (χ1) is 11.0. The highest BCUT2D eigenvalue weighted by Gasteiger charge is 2.30. The topological polar surface area (TPSA) is 52.7 Å². The molecule has 0 spiro atoms. The number of nitrogens with one attached hydrogen (secondary N) is 1. The SMILES string of the molecule is CS(=O)(=O)N1CCC(NC2CCCN(C3CCCCC3)C2)CC1. The van der Waals surface area contributed by atoms with E-state index in [1.54, 1.807) is 4.31 Å². The van der Waals surface area contributed by atoms with Gasteiger partial charge in [-0.25, -0.2) is 12.7 Å². The largest absolute Gasteiger partial charge is 0.310 e. The Kier molecular flexibility index (Phi) is 5.99. The number of hydrogen-bond donors (Lipinski definition) is 1. The average molecular weight is 344 g/mol. The Labute approximate surface area is 141 Å². The molecule has 0 bridgehead atoms. The minimum Gasteiger partial charge on any atom is -0.310 e. The summed E-state index contributed by atoms with van der Waals surface area (Å²) < 4.78 is 24.8. The Morgan fingerprint density at radius 3 is 2.17 bits per heavy atom. The van der Waals surface area contributed by atoms with Crippen molar-refractivity contribution in [2.75, 3.05) is 32.4 Å². The summed E-state index contributed by atoms with van der Waals surface area (Å²) in [6.07, 6.45) is 12.8. The molecule has 2 aliphatic heterocycles. The molecule has 1 saturated carbocycles. The molecular weight excluding hydrogens is 310 g/mol. The summed E-state index contributed by atoms with van der Waals surface area (Å²) >= 11 is 0. The van der Waals surface area contributed by atoms with Crippen LogP contribution >= 0.6 is 0 Å². The van der Waals surface area contributed by atoms with Crippen LogP contribution in [0.3, 0.4) is 0 Å². The number of sulfonamides is 1. The van der Waals surface area contributed by atoms with Crippen molar-refractivity contribution in [3.63, 3.8) is 0 Å². The zero-order valence-electron chi connectivity index (χ0n) is 14.5. The highest BCUT2D eigenvalue weighted by molar-refractivity contribution is 7.88. The molecule has 1 aliphatic carbocycles. The first kappa shape index (κ1) is 17.6. The molecule has 1 unspecified atom stereocenters. The molecule has 1 atom stereocenters. The zero-order chi connectivity index (χ0) is 16.3. The van der Waals surface area contributed by atoms with Crippen LogP contribution in [0.25, 0.3) is 0 Å². The number of nitrogens with zero attached hydrogens (tertiary/aromatic N) is 2. The lowest BCUT2D eigenvalue weighted by Crippen LogP contribution is -2.54.